The maximum absolute atomic E-state index is 11.5. The lowest BCUT2D eigenvalue weighted by Gasteiger charge is -2.28. The van der Waals surface area contributed by atoms with E-state index in [1.807, 2.05) is 18.2 Å². The topological polar surface area (TPSA) is 62.2 Å². The molecule has 1 heterocycles. The zero-order valence-electron chi connectivity index (χ0n) is 9.72. The molecule has 1 unspecified atom stereocenters. The Kier molecular flexibility index (Phi) is 3.69. The summed E-state index contributed by atoms with van der Waals surface area (Å²) < 4.78 is 0. The van der Waals surface area contributed by atoms with Crippen molar-refractivity contribution < 1.29 is 9.90 Å². The molecule has 1 aliphatic rings. The maximum Gasteiger partial charge on any atom is 0.325 e. The number of likely N-dealkylation sites (N-methyl/N-ethyl adjacent to an activating group) is 1. The number of nitrogens with one attached hydrogen (secondary N) is 1. The van der Waals surface area contributed by atoms with Crippen LogP contribution in [0.25, 0.3) is 0 Å². The molecule has 0 aliphatic heterocycles. The van der Waals surface area contributed by atoms with Crippen LogP contribution in [-0.4, -0.2) is 34.4 Å². The van der Waals surface area contributed by atoms with Gasteiger partial charge in [-0.15, -0.1) is 11.8 Å². The average Bonchev–Trinajstić information content (AvgIpc) is 3.16. The summed E-state index contributed by atoms with van der Waals surface area (Å²) in [7, 11) is 1.73. The van der Waals surface area contributed by atoms with Gasteiger partial charge in [0, 0.05) is 11.9 Å². The van der Waals surface area contributed by atoms with Crippen LogP contribution in [0.1, 0.15) is 12.8 Å². The summed E-state index contributed by atoms with van der Waals surface area (Å²) in [6.07, 6.45) is 3.72. The number of hydrogen-bond acceptors (Lipinski definition) is 4. The fourth-order valence-corrected chi connectivity index (χ4v) is 3.12. The third-order valence-electron chi connectivity index (χ3n) is 3.19. The third-order valence-corrected chi connectivity index (χ3v) is 4.32. The van der Waals surface area contributed by atoms with Crippen LogP contribution in [-0.2, 0) is 4.79 Å². The van der Waals surface area contributed by atoms with Crippen LogP contribution in [0.5, 0.6) is 0 Å². The van der Waals surface area contributed by atoms with Crippen molar-refractivity contribution in [3.05, 3.63) is 24.4 Å². The van der Waals surface area contributed by atoms with E-state index in [2.05, 4.69) is 10.3 Å². The molecule has 92 valence electrons. The fraction of sp³-hybridized carbons (Fsp3) is 0.500. The van der Waals surface area contributed by atoms with Gasteiger partial charge in [0.2, 0.25) is 0 Å². The van der Waals surface area contributed by atoms with Gasteiger partial charge in [-0.25, -0.2) is 4.98 Å². The molecule has 1 saturated carbocycles. The first-order valence-electron chi connectivity index (χ1n) is 5.65. The van der Waals surface area contributed by atoms with E-state index in [0.717, 1.165) is 17.9 Å². The van der Waals surface area contributed by atoms with Crippen molar-refractivity contribution in [3.8, 4) is 0 Å². The second-order valence-electron chi connectivity index (χ2n) is 4.26. The molecule has 4 nitrogen and oxygen atoms in total. The molecule has 1 aromatic heterocycles. The first-order valence-corrected chi connectivity index (χ1v) is 6.64. The van der Waals surface area contributed by atoms with Crippen LogP contribution in [0.4, 0.5) is 0 Å². The third kappa shape index (κ3) is 2.61. The number of aliphatic carboxylic acids is 1. The Hall–Kier alpha value is -1.07. The molecule has 2 rings (SSSR count). The standard InChI is InChI=1S/C12H16N2O2S/c1-13-12(11(15)16,9-5-6-9)8-17-10-4-2-3-7-14-10/h2-4,7,9,13H,5-6,8H2,1H3,(H,15,16). The Bertz CT molecular complexity index is 395. The van der Waals surface area contributed by atoms with Gasteiger partial charge in [-0.2, -0.15) is 0 Å². The Morgan fingerprint density at radius 2 is 2.41 bits per heavy atom. The van der Waals surface area contributed by atoms with Crippen molar-refractivity contribution in [2.45, 2.75) is 23.4 Å². The van der Waals surface area contributed by atoms with E-state index in [1.54, 1.807) is 13.2 Å². The molecule has 5 heteroatoms. The van der Waals surface area contributed by atoms with Crippen molar-refractivity contribution >= 4 is 17.7 Å². The minimum Gasteiger partial charge on any atom is -0.480 e. The van der Waals surface area contributed by atoms with Gasteiger partial charge in [0.1, 0.15) is 5.54 Å². The zero-order valence-corrected chi connectivity index (χ0v) is 10.5. The molecule has 1 fully saturated rings. The lowest BCUT2D eigenvalue weighted by atomic mass is 9.96. The number of carbonyl (C=O) groups is 1. The Morgan fingerprint density at radius 3 is 2.88 bits per heavy atom. The van der Waals surface area contributed by atoms with Crippen molar-refractivity contribution in [2.75, 3.05) is 12.8 Å². The van der Waals surface area contributed by atoms with Crippen LogP contribution in [0, 0.1) is 5.92 Å². The summed E-state index contributed by atoms with van der Waals surface area (Å²) in [4.78, 5) is 15.7. The first kappa shape index (κ1) is 12.4. The molecule has 0 saturated heterocycles. The molecular formula is C12H16N2O2S. The zero-order chi connectivity index (χ0) is 12.3. The monoisotopic (exact) mass is 252 g/mol. The van der Waals surface area contributed by atoms with Gasteiger partial charge in [-0.05, 0) is 37.9 Å². The summed E-state index contributed by atoms with van der Waals surface area (Å²) >= 11 is 1.49. The molecule has 2 N–H and O–H groups in total. The highest BCUT2D eigenvalue weighted by Gasteiger charge is 2.50. The van der Waals surface area contributed by atoms with E-state index in [-0.39, 0.29) is 5.92 Å². The molecule has 1 atom stereocenters. The molecular weight excluding hydrogens is 236 g/mol. The quantitative estimate of drug-likeness (QED) is 0.753. The van der Waals surface area contributed by atoms with Crippen molar-refractivity contribution in [3.63, 3.8) is 0 Å². The SMILES string of the molecule is CNC(CSc1ccccn1)(C(=O)O)C1CC1. The summed E-state index contributed by atoms with van der Waals surface area (Å²) in [5.74, 6) is 0.00712. The number of carboxylic acid groups (broad SMARTS) is 1. The van der Waals surface area contributed by atoms with Crippen LogP contribution in [0.15, 0.2) is 29.4 Å². The molecule has 0 aromatic carbocycles. The number of carboxylic acids is 1. The first-order chi connectivity index (χ1) is 8.19. The van der Waals surface area contributed by atoms with Gasteiger partial charge in [-0.1, -0.05) is 6.07 Å². The molecule has 0 radical (unpaired) electrons. The Morgan fingerprint density at radius 1 is 1.65 bits per heavy atom. The minimum atomic E-state index is -0.803. The molecule has 0 spiro atoms. The predicted octanol–water partition coefficient (Wildman–Crippen LogP) is 1.63. The predicted molar refractivity (Wildman–Crippen MR) is 67.1 cm³/mol. The van der Waals surface area contributed by atoms with Crippen LogP contribution in [0.3, 0.4) is 0 Å². The van der Waals surface area contributed by atoms with E-state index in [4.69, 9.17) is 0 Å². The average molecular weight is 252 g/mol. The molecule has 1 aromatic rings. The highest BCUT2D eigenvalue weighted by Crippen LogP contribution is 2.42. The largest absolute Gasteiger partial charge is 0.480 e. The van der Waals surface area contributed by atoms with Crippen molar-refractivity contribution in [1.82, 2.24) is 10.3 Å². The highest BCUT2D eigenvalue weighted by molar-refractivity contribution is 7.99. The summed E-state index contributed by atoms with van der Waals surface area (Å²) in [6.45, 7) is 0. The molecule has 17 heavy (non-hydrogen) atoms. The van der Waals surface area contributed by atoms with Gasteiger partial charge < -0.3 is 10.4 Å². The van der Waals surface area contributed by atoms with Gasteiger partial charge >= 0.3 is 5.97 Å². The number of nitrogens with zero attached hydrogens (tertiary/aromatic N) is 1. The number of hydrogen-bond donors (Lipinski definition) is 2. The van der Waals surface area contributed by atoms with Gasteiger partial charge in [0.05, 0.1) is 5.03 Å². The smallest absolute Gasteiger partial charge is 0.325 e. The van der Waals surface area contributed by atoms with E-state index in [0.29, 0.717) is 5.75 Å². The van der Waals surface area contributed by atoms with Crippen LogP contribution < -0.4 is 5.32 Å². The van der Waals surface area contributed by atoms with Crippen LogP contribution >= 0.6 is 11.8 Å². The van der Waals surface area contributed by atoms with Gasteiger partial charge in [-0.3, -0.25) is 4.79 Å². The normalized spacial score (nSPS) is 18.6. The second kappa shape index (κ2) is 5.06. The Labute approximate surface area is 105 Å². The maximum atomic E-state index is 11.5. The molecule has 0 amide bonds. The number of aromatic nitrogens is 1. The Balaban J connectivity index is 2.06. The fourth-order valence-electron chi connectivity index (χ4n) is 1.93. The van der Waals surface area contributed by atoms with E-state index >= 15 is 0 Å². The van der Waals surface area contributed by atoms with E-state index in [9.17, 15) is 9.90 Å². The minimum absolute atomic E-state index is 0.251. The van der Waals surface area contributed by atoms with Gasteiger partial charge in [0.15, 0.2) is 0 Å². The summed E-state index contributed by atoms with van der Waals surface area (Å²) in [5.41, 5.74) is -0.803. The number of pyridine rings is 1. The number of thioether (sulfide) groups is 1. The lowest BCUT2D eigenvalue weighted by molar-refractivity contribution is -0.144. The molecule has 0 bridgehead atoms. The summed E-state index contributed by atoms with van der Waals surface area (Å²) in [5, 5.41) is 13.3. The molecule has 1 aliphatic carbocycles. The lowest BCUT2D eigenvalue weighted by Crippen LogP contribution is -2.54. The summed E-state index contributed by atoms with van der Waals surface area (Å²) in [6, 6.07) is 5.67. The van der Waals surface area contributed by atoms with E-state index in [1.165, 1.54) is 11.8 Å². The van der Waals surface area contributed by atoms with E-state index < -0.39 is 11.5 Å². The van der Waals surface area contributed by atoms with Gasteiger partial charge in [0.25, 0.3) is 0 Å². The number of rotatable bonds is 6. The van der Waals surface area contributed by atoms with Crippen LogP contribution in [0.2, 0.25) is 0 Å². The second-order valence-corrected chi connectivity index (χ2v) is 5.25. The van der Waals surface area contributed by atoms with Crippen molar-refractivity contribution in [1.29, 1.82) is 0 Å². The van der Waals surface area contributed by atoms with Crippen molar-refractivity contribution in [2.24, 2.45) is 5.92 Å². The highest BCUT2D eigenvalue weighted by atomic mass is 32.2.